The molecule has 1 unspecified atom stereocenters. The summed E-state index contributed by atoms with van der Waals surface area (Å²) in [5, 5.41) is 0.459. The highest BCUT2D eigenvalue weighted by Crippen LogP contribution is 2.40. The van der Waals surface area contributed by atoms with Gasteiger partial charge in [0, 0.05) is 15.7 Å². The molecule has 0 aliphatic carbocycles. The topological polar surface area (TPSA) is 13.1 Å². The van der Waals surface area contributed by atoms with Crippen molar-refractivity contribution in [3.8, 4) is 0 Å². The van der Waals surface area contributed by atoms with Gasteiger partial charge >= 0.3 is 0 Å². The Morgan fingerprint density at radius 1 is 1.06 bits per heavy atom. The third-order valence-electron chi connectivity index (χ3n) is 2.48. The molecular weight excluding hydrogens is 216 g/mol. The fraction of sp³-hybridized carbons (Fsp3) is 0.286. The summed E-state index contributed by atoms with van der Waals surface area (Å²) in [6.45, 7) is 4.49. The van der Waals surface area contributed by atoms with Crippen LogP contribution in [0.25, 0.3) is 0 Å². The fourth-order valence-corrected chi connectivity index (χ4v) is 2.82. The van der Waals surface area contributed by atoms with E-state index in [0.717, 1.165) is 0 Å². The molecule has 0 aliphatic rings. The maximum atomic E-state index is 5.17. The highest BCUT2D eigenvalue weighted by atomic mass is 32.2. The van der Waals surface area contributed by atoms with E-state index in [1.165, 1.54) is 10.5 Å². The number of hydrogen-bond donors (Lipinski definition) is 0. The Balaban J connectivity index is 2.16. The van der Waals surface area contributed by atoms with Crippen LogP contribution in [0.15, 0.2) is 58.2 Å². The second-order valence-corrected chi connectivity index (χ2v) is 5.37. The molecule has 0 spiro atoms. The Morgan fingerprint density at radius 2 is 1.81 bits per heavy atom. The normalized spacial score (nSPS) is 12.9. The third kappa shape index (κ3) is 2.70. The third-order valence-corrected chi connectivity index (χ3v) is 4.10. The van der Waals surface area contributed by atoms with Gasteiger partial charge in [-0.15, -0.1) is 11.8 Å². The molecule has 2 rings (SSSR count). The zero-order valence-corrected chi connectivity index (χ0v) is 10.4. The summed E-state index contributed by atoms with van der Waals surface area (Å²) in [5.41, 5.74) is 1.27. The van der Waals surface area contributed by atoms with Gasteiger partial charge in [-0.25, -0.2) is 0 Å². The van der Waals surface area contributed by atoms with Crippen LogP contribution in [0.5, 0.6) is 0 Å². The second kappa shape index (κ2) is 5.26. The van der Waals surface area contributed by atoms with Crippen molar-refractivity contribution in [3.63, 3.8) is 0 Å². The first-order valence-corrected chi connectivity index (χ1v) is 6.39. The molecule has 0 aliphatic heterocycles. The van der Waals surface area contributed by atoms with Crippen molar-refractivity contribution >= 4 is 11.8 Å². The molecule has 0 amide bonds. The van der Waals surface area contributed by atoms with E-state index in [2.05, 4.69) is 44.2 Å². The highest BCUT2D eigenvalue weighted by Gasteiger charge is 2.18. The number of rotatable bonds is 4. The van der Waals surface area contributed by atoms with Crippen LogP contribution in [0.4, 0.5) is 0 Å². The maximum Gasteiger partial charge on any atom is 0.0946 e. The Bertz CT molecular complexity index is 406. The van der Waals surface area contributed by atoms with Crippen LogP contribution in [0.1, 0.15) is 24.7 Å². The molecular formula is C14H16OS. The Kier molecular flexibility index (Phi) is 3.73. The molecule has 1 aromatic heterocycles. The van der Waals surface area contributed by atoms with E-state index >= 15 is 0 Å². The molecule has 1 nitrogen and oxygen atoms in total. The first-order chi connectivity index (χ1) is 7.77. The summed E-state index contributed by atoms with van der Waals surface area (Å²) in [6.07, 6.45) is 3.59. The lowest BCUT2D eigenvalue weighted by Crippen LogP contribution is -2.01. The van der Waals surface area contributed by atoms with Gasteiger partial charge in [-0.05, 0) is 24.1 Å². The van der Waals surface area contributed by atoms with Crippen molar-refractivity contribution in [1.29, 1.82) is 0 Å². The molecule has 0 saturated heterocycles. The molecule has 1 aromatic carbocycles. The molecule has 2 aromatic rings. The summed E-state index contributed by atoms with van der Waals surface area (Å²) in [6, 6.07) is 12.6. The van der Waals surface area contributed by atoms with Gasteiger partial charge < -0.3 is 4.42 Å². The van der Waals surface area contributed by atoms with Gasteiger partial charge in [-0.2, -0.15) is 0 Å². The van der Waals surface area contributed by atoms with E-state index in [-0.39, 0.29) is 0 Å². The van der Waals surface area contributed by atoms with Gasteiger partial charge in [0.15, 0.2) is 0 Å². The van der Waals surface area contributed by atoms with Crippen molar-refractivity contribution in [1.82, 2.24) is 0 Å². The zero-order chi connectivity index (χ0) is 11.4. The molecule has 16 heavy (non-hydrogen) atoms. The molecule has 0 radical (unpaired) electrons. The molecule has 0 saturated carbocycles. The largest absolute Gasteiger partial charge is 0.472 e. The predicted molar refractivity (Wildman–Crippen MR) is 68.6 cm³/mol. The van der Waals surface area contributed by atoms with Crippen LogP contribution >= 0.6 is 11.8 Å². The van der Waals surface area contributed by atoms with E-state index in [1.807, 2.05) is 24.1 Å². The lowest BCUT2D eigenvalue weighted by atomic mass is 10.1. The maximum absolute atomic E-state index is 5.17. The molecule has 1 heterocycles. The average Bonchev–Trinajstić information content (AvgIpc) is 2.80. The van der Waals surface area contributed by atoms with E-state index in [0.29, 0.717) is 11.2 Å². The average molecular weight is 232 g/mol. The van der Waals surface area contributed by atoms with Gasteiger partial charge in [-0.1, -0.05) is 32.0 Å². The lowest BCUT2D eigenvalue weighted by Gasteiger charge is -2.18. The monoisotopic (exact) mass is 232 g/mol. The predicted octanol–water partition coefficient (Wildman–Crippen LogP) is 4.77. The lowest BCUT2D eigenvalue weighted by molar-refractivity contribution is 0.555. The van der Waals surface area contributed by atoms with E-state index in [1.54, 1.807) is 6.26 Å². The first-order valence-electron chi connectivity index (χ1n) is 5.51. The summed E-state index contributed by atoms with van der Waals surface area (Å²) >= 11 is 1.89. The summed E-state index contributed by atoms with van der Waals surface area (Å²) in [5.74, 6) is 0.586. The van der Waals surface area contributed by atoms with Gasteiger partial charge in [0.25, 0.3) is 0 Å². The van der Waals surface area contributed by atoms with E-state index in [4.69, 9.17) is 4.42 Å². The molecule has 0 bridgehead atoms. The summed E-state index contributed by atoms with van der Waals surface area (Å²) < 4.78 is 5.17. The molecule has 0 fully saturated rings. The highest BCUT2D eigenvalue weighted by molar-refractivity contribution is 7.99. The van der Waals surface area contributed by atoms with Crippen molar-refractivity contribution in [2.75, 3.05) is 0 Å². The zero-order valence-electron chi connectivity index (χ0n) is 9.59. The summed E-state index contributed by atoms with van der Waals surface area (Å²) in [4.78, 5) is 1.31. The minimum atomic E-state index is 0.459. The molecule has 84 valence electrons. The van der Waals surface area contributed by atoms with Gasteiger partial charge in [0.2, 0.25) is 0 Å². The Hall–Kier alpha value is -1.15. The summed E-state index contributed by atoms with van der Waals surface area (Å²) in [7, 11) is 0. The van der Waals surface area contributed by atoms with Crippen molar-refractivity contribution < 1.29 is 4.42 Å². The van der Waals surface area contributed by atoms with Gasteiger partial charge in [0.05, 0.1) is 12.5 Å². The fourth-order valence-electron chi connectivity index (χ4n) is 1.67. The number of thioether (sulfide) groups is 1. The molecule has 0 N–H and O–H groups in total. The first kappa shape index (κ1) is 11.3. The Morgan fingerprint density at radius 3 is 2.38 bits per heavy atom. The van der Waals surface area contributed by atoms with E-state index < -0.39 is 0 Å². The second-order valence-electron chi connectivity index (χ2n) is 4.15. The molecule has 1 atom stereocenters. The van der Waals surface area contributed by atoms with Gasteiger partial charge in [0.1, 0.15) is 0 Å². The standard InChI is InChI=1S/C14H16OS/c1-11(2)14(12-8-9-15-10-12)16-13-6-4-3-5-7-13/h3-11,14H,1-2H3. The van der Waals surface area contributed by atoms with Crippen molar-refractivity contribution in [2.24, 2.45) is 5.92 Å². The van der Waals surface area contributed by atoms with Crippen LogP contribution < -0.4 is 0 Å². The van der Waals surface area contributed by atoms with E-state index in [9.17, 15) is 0 Å². The van der Waals surface area contributed by atoms with Crippen LogP contribution in [0.3, 0.4) is 0 Å². The SMILES string of the molecule is CC(C)C(Sc1ccccc1)c1ccoc1. The quantitative estimate of drug-likeness (QED) is 0.704. The van der Waals surface area contributed by atoms with Crippen molar-refractivity contribution in [3.05, 3.63) is 54.5 Å². The van der Waals surface area contributed by atoms with Crippen LogP contribution in [0.2, 0.25) is 0 Å². The van der Waals surface area contributed by atoms with Crippen molar-refractivity contribution in [2.45, 2.75) is 24.0 Å². The van der Waals surface area contributed by atoms with Crippen LogP contribution in [-0.2, 0) is 0 Å². The minimum absolute atomic E-state index is 0.459. The van der Waals surface area contributed by atoms with Gasteiger partial charge in [-0.3, -0.25) is 0 Å². The molecule has 2 heteroatoms. The van der Waals surface area contributed by atoms with Crippen LogP contribution in [-0.4, -0.2) is 0 Å². The Labute approximate surface area is 101 Å². The minimum Gasteiger partial charge on any atom is -0.472 e. The number of benzene rings is 1. The number of furan rings is 1. The number of hydrogen-bond acceptors (Lipinski definition) is 2. The van der Waals surface area contributed by atoms with Crippen LogP contribution in [0, 0.1) is 5.92 Å². The smallest absolute Gasteiger partial charge is 0.0946 e.